The first-order chi connectivity index (χ1) is 9.04. The quantitative estimate of drug-likeness (QED) is 0.864. The number of amides is 1. The Balaban J connectivity index is 2.66. The van der Waals surface area contributed by atoms with Crippen LogP contribution in [0.15, 0.2) is 0 Å². The monoisotopic (exact) mass is 285 g/mol. The van der Waals surface area contributed by atoms with Crippen LogP contribution >= 0.6 is 0 Å². The highest BCUT2D eigenvalue weighted by molar-refractivity contribution is 5.84. The van der Waals surface area contributed by atoms with Crippen LogP contribution in [0.25, 0.3) is 0 Å². The Morgan fingerprint density at radius 2 is 2.00 bits per heavy atom. The van der Waals surface area contributed by atoms with Crippen molar-refractivity contribution in [2.75, 3.05) is 13.1 Å². The Hall–Kier alpha value is -1.10. The molecule has 1 amide bonds. The van der Waals surface area contributed by atoms with Gasteiger partial charge in [-0.1, -0.05) is 6.92 Å². The lowest BCUT2D eigenvalue weighted by Gasteiger charge is -2.35. The van der Waals surface area contributed by atoms with Gasteiger partial charge < -0.3 is 14.7 Å². The fourth-order valence-electron chi connectivity index (χ4n) is 2.25. The van der Waals surface area contributed by atoms with E-state index in [9.17, 15) is 14.7 Å². The van der Waals surface area contributed by atoms with Crippen LogP contribution < -0.4 is 0 Å². The summed E-state index contributed by atoms with van der Waals surface area (Å²) in [6.07, 6.45) is 0.931. The topological polar surface area (TPSA) is 66.8 Å². The first-order valence-electron chi connectivity index (χ1n) is 7.27. The van der Waals surface area contributed by atoms with E-state index in [1.54, 1.807) is 11.8 Å². The molecule has 1 aliphatic heterocycles. The van der Waals surface area contributed by atoms with Crippen LogP contribution in [0.4, 0.5) is 4.79 Å². The molecule has 1 heterocycles. The van der Waals surface area contributed by atoms with Gasteiger partial charge in [-0.25, -0.2) is 4.79 Å². The van der Waals surface area contributed by atoms with Crippen molar-refractivity contribution in [3.05, 3.63) is 0 Å². The molecule has 1 fully saturated rings. The first kappa shape index (κ1) is 17.0. The van der Waals surface area contributed by atoms with Crippen molar-refractivity contribution in [2.45, 2.75) is 65.1 Å². The maximum Gasteiger partial charge on any atom is 0.410 e. The largest absolute Gasteiger partial charge is 0.444 e. The van der Waals surface area contributed by atoms with E-state index in [0.29, 0.717) is 32.4 Å². The molecule has 0 aromatic rings. The van der Waals surface area contributed by atoms with Crippen LogP contribution in [0, 0.1) is 5.92 Å². The minimum atomic E-state index is -0.864. The van der Waals surface area contributed by atoms with E-state index in [1.165, 1.54) is 0 Å². The molecule has 0 aromatic carbocycles. The number of hydrogen-bond donors (Lipinski definition) is 1. The van der Waals surface area contributed by atoms with E-state index < -0.39 is 11.2 Å². The Morgan fingerprint density at radius 3 is 2.50 bits per heavy atom. The van der Waals surface area contributed by atoms with Gasteiger partial charge >= 0.3 is 6.09 Å². The Bertz CT molecular complexity index is 371. The van der Waals surface area contributed by atoms with Crippen molar-refractivity contribution in [2.24, 2.45) is 5.92 Å². The zero-order chi connectivity index (χ0) is 15.6. The molecule has 0 bridgehead atoms. The van der Waals surface area contributed by atoms with Crippen molar-refractivity contribution in [3.8, 4) is 0 Å². The van der Waals surface area contributed by atoms with Gasteiger partial charge in [0.15, 0.2) is 0 Å². The predicted octanol–water partition coefficient (Wildman–Crippen LogP) is 2.36. The number of carbonyl (C=O) groups excluding carboxylic acids is 2. The predicted molar refractivity (Wildman–Crippen MR) is 76.5 cm³/mol. The Morgan fingerprint density at radius 1 is 1.40 bits per heavy atom. The fourth-order valence-corrected chi connectivity index (χ4v) is 2.25. The van der Waals surface area contributed by atoms with Crippen molar-refractivity contribution >= 4 is 11.9 Å². The molecule has 0 aromatic heterocycles. The van der Waals surface area contributed by atoms with Crippen LogP contribution in [0.5, 0.6) is 0 Å². The average Bonchev–Trinajstić information content (AvgIpc) is 2.29. The van der Waals surface area contributed by atoms with Gasteiger partial charge in [-0.05, 0) is 40.5 Å². The summed E-state index contributed by atoms with van der Waals surface area (Å²) >= 11 is 0. The molecule has 1 N–H and O–H groups in total. The van der Waals surface area contributed by atoms with Crippen LogP contribution in [-0.2, 0) is 9.53 Å². The first-order valence-corrected chi connectivity index (χ1v) is 7.27. The van der Waals surface area contributed by atoms with E-state index >= 15 is 0 Å². The van der Waals surface area contributed by atoms with E-state index in [0.717, 1.165) is 0 Å². The molecule has 0 radical (unpaired) electrons. The van der Waals surface area contributed by atoms with Crippen molar-refractivity contribution in [1.29, 1.82) is 0 Å². The normalized spacial score (nSPS) is 23.4. The zero-order valence-electron chi connectivity index (χ0n) is 13.2. The minimum Gasteiger partial charge on any atom is -0.444 e. The molecule has 0 spiro atoms. The number of ketones is 1. The van der Waals surface area contributed by atoms with Gasteiger partial charge in [0.2, 0.25) is 0 Å². The number of hydrogen-bond acceptors (Lipinski definition) is 4. The summed E-state index contributed by atoms with van der Waals surface area (Å²) in [6, 6.07) is 0. The summed E-state index contributed by atoms with van der Waals surface area (Å²) in [6.45, 7) is 9.81. The minimum absolute atomic E-state index is 0.124. The van der Waals surface area contributed by atoms with Gasteiger partial charge in [-0.3, -0.25) is 4.79 Å². The number of piperidine rings is 1. The molecule has 1 aliphatic rings. The number of nitrogens with zero attached hydrogens (tertiary/aromatic N) is 1. The summed E-state index contributed by atoms with van der Waals surface area (Å²) in [5.74, 6) is -0.176. The van der Waals surface area contributed by atoms with Gasteiger partial charge in [0, 0.05) is 25.4 Å². The molecular formula is C15H27NO4. The third-order valence-electron chi connectivity index (χ3n) is 3.62. The molecule has 116 valence electrons. The summed E-state index contributed by atoms with van der Waals surface area (Å²) < 4.78 is 5.33. The van der Waals surface area contributed by atoms with Gasteiger partial charge in [0.25, 0.3) is 0 Å². The lowest BCUT2D eigenvalue weighted by molar-refractivity contribution is -0.128. The third-order valence-corrected chi connectivity index (χ3v) is 3.62. The van der Waals surface area contributed by atoms with Crippen LogP contribution in [0.1, 0.15) is 53.9 Å². The van der Waals surface area contributed by atoms with Gasteiger partial charge in [-0.2, -0.15) is 0 Å². The van der Waals surface area contributed by atoms with Gasteiger partial charge in [-0.15, -0.1) is 0 Å². The van der Waals surface area contributed by atoms with Crippen molar-refractivity contribution in [3.63, 3.8) is 0 Å². The summed E-state index contributed by atoms with van der Waals surface area (Å²) in [4.78, 5) is 25.6. The van der Waals surface area contributed by atoms with Crippen LogP contribution in [0.3, 0.4) is 0 Å². The zero-order valence-corrected chi connectivity index (χ0v) is 13.2. The highest BCUT2D eigenvalue weighted by Crippen LogP contribution is 2.26. The lowest BCUT2D eigenvalue weighted by Crippen LogP contribution is -2.47. The number of Topliss-reactive ketones (excluding diaryl/α,β-unsaturated/α-hetero) is 1. The second kappa shape index (κ2) is 6.12. The molecular weight excluding hydrogens is 258 g/mol. The van der Waals surface area contributed by atoms with Crippen LogP contribution in [0.2, 0.25) is 0 Å². The highest BCUT2D eigenvalue weighted by atomic mass is 16.6. The molecule has 0 saturated carbocycles. The highest BCUT2D eigenvalue weighted by Gasteiger charge is 2.35. The maximum absolute atomic E-state index is 12.0. The standard InChI is InChI=1S/C15H27NO4/c1-6-15(5,19)9-11-10-16(8-7-12(11)17)13(18)20-14(2,3)4/h11,19H,6-10H2,1-5H3. The number of rotatable bonds is 3. The van der Waals surface area contributed by atoms with E-state index in [4.69, 9.17) is 4.74 Å². The van der Waals surface area contributed by atoms with Crippen molar-refractivity contribution < 1.29 is 19.4 Å². The van der Waals surface area contributed by atoms with Crippen LogP contribution in [-0.4, -0.2) is 46.2 Å². The molecule has 20 heavy (non-hydrogen) atoms. The average molecular weight is 285 g/mol. The number of carbonyl (C=O) groups is 2. The van der Waals surface area contributed by atoms with Gasteiger partial charge in [0.05, 0.1) is 5.60 Å². The SMILES string of the molecule is CCC(C)(O)CC1CN(C(=O)OC(C)(C)C)CCC1=O. The summed E-state index contributed by atoms with van der Waals surface area (Å²) in [5, 5.41) is 10.1. The maximum atomic E-state index is 12.0. The molecule has 2 unspecified atom stereocenters. The molecule has 5 heteroatoms. The summed E-state index contributed by atoms with van der Waals surface area (Å²) in [5.41, 5.74) is -1.40. The molecule has 0 aliphatic carbocycles. The second-order valence-electron chi connectivity index (χ2n) is 6.89. The molecule has 1 rings (SSSR count). The van der Waals surface area contributed by atoms with E-state index in [-0.39, 0.29) is 17.8 Å². The number of ether oxygens (including phenoxy) is 1. The smallest absolute Gasteiger partial charge is 0.410 e. The van der Waals surface area contributed by atoms with E-state index in [1.807, 2.05) is 27.7 Å². The van der Waals surface area contributed by atoms with Gasteiger partial charge in [0.1, 0.15) is 11.4 Å². The fraction of sp³-hybridized carbons (Fsp3) is 0.867. The third kappa shape index (κ3) is 5.12. The molecule has 1 saturated heterocycles. The summed E-state index contributed by atoms with van der Waals surface area (Å²) in [7, 11) is 0. The number of likely N-dealkylation sites (tertiary alicyclic amines) is 1. The molecule has 2 atom stereocenters. The van der Waals surface area contributed by atoms with E-state index in [2.05, 4.69) is 0 Å². The molecule has 5 nitrogen and oxygen atoms in total. The van der Waals surface area contributed by atoms with Crippen molar-refractivity contribution in [1.82, 2.24) is 4.90 Å². The Kier molecular flexibility index (Phi) is 5.19. The Labute approximate surface area is 121 Å². The second-order valence-corrected chi connectivity index (χ2v) is 6.89. The number of aliphatic hydroxyl groups is 1. The lowest BCUT2D eigenvalue weighted by atomic mass is 9.84.